The predicted octanol–water partition coefficient (Wildman–Crippen LogP) is 0.314. The first-order chi connectivity index (χ1) is 10.3. The molecule has 0 aromatic rings. The summed E-state index contributed by atoms with van der Waals surface area (Å²) < 4.78 is 11.2. The molecule has 1 saturated heterocycles. The number of hydrogen-bond donors (Lipinski definition) is 1. The number of rotatable bonds is 12. The fourth-order valence-electron chi connectivity index (χ4n) is 2.69. The van der Waals surface area contributed by atoms with E-state index >= 15 is 0 Å². The fourth-order valence-corrected chi connectivity index (χ4v) is 2.69. The topological polar surface area (TPSA) is 22.9 Å². The van der Waals surface area contributed by atoms with Crippen LogP contribution in [0, 0.1) is 0 Å². The van der Waals surface area contributed by atoms with Gasteiger partial charge in [0.25, 0.3) is 0 Å². The van der Waals surface area contributed by atoms with Gasteiger partial charge in [-0.1, -0.05) is 64.7 Å². The van der Waals surface area contributed by atoms with E-state index in [2.05, 4.69) is 14.0 Å². The van der Waals surface area contributed by atoms with Gasteiger partial charge in [-0.15, -0.1) is 0 Å². The third-order valence-electron chi connectivity index (χ3n) is 4.12. The standard InChI is InChI=1S/C18H35NO2.ClH/c1-3-4-5-6-7-8-9-10-11-12-14-20-17-18-16-19(2)13-15-21-18;/h17H,3-16H2,1-2H3;1H/b18-17-;. The Balaban J connectivity index is 0.00000441. The van der Waals surface area contributed by atoms with Crippen molar-refractivity contribution in [2.75, 3.05) is 33.4 Å². The summed E-state index contributed by atoms with van der Waals surface area (Å²) in [5.74, 6) is 1.01. The van der Waals surface area contributed by atoms with Crippen molar-refractivity contribution in [2.45, 2.75) is 71.1 Å². The minimum atomic E-state index is 0. The van der Waals surface area contributed by atoms with Gasteiger partial charge >= 0.3 is 0 Å². The number of ether oxygens (including phenoxy) is 2. The first-order valence-corrected chi connectivity index (χ1v) is 9.07. The van der Waals surface area contributed by atoms with E-state index in [4.69, 9.17) is 9.47 Å². The molecular weight excluding hydrogens is 298 g/mol. The molecular formula is C18H36ClNO2. The van der Waals surface area contributed by atoms with Crippen molar-refractivity contribution >= 4 is 0 Å². The highest BCUT2D eigenvalue weighted by Gasteiger charge is 2.14. The number of halogens is 1. The van der Waals surface area contributed by atoms with Gasteiger partial charge in [-0.3, -0.25) is 0 Å². The van der Waals surface area contributed by atoms with Crippen molar-refractivity contribution < 1.29 is 26.8 Å². The lowest BCUT2D eigenvalue weighted by Gasteiger charge is -2.22. The molecule has 22 heavy (non-hydrogen) atoms. The monoisotopic (exact) mass is 333 g/mol. The molecule has 1 atom stereocenters. The summed E-state index contributed by atoms with van der Waals surface area (Å²) >= 11 is 0. The van der Waals surface area contributed by atoms with Crippen molar-refractivity contribution in [1.29, 1.82) is 0 Å². The molecule has 132 valence electrons. The van der Waals surface area contributed by atoms with E-state index in [1.54, 1.807) is 0 Å². The van der Waals surface area contributed by atoms with Crippen LogP contribution in [0.2, 0.25) is 0 Å². The molecule has 1 rings (SSSR count). The van der Waals surface area contributed by atoms with Crippen molar-refractivity contribution in [1.82, 2.24) is 0 Å². The SMILES string of the molecule is CCCCCCCCCCCCO/C=C1/C[NH+](C)CCO1.[Cl-]. The molecule has 0 aromatic carbocycles. The molecule has 3 nitrogen and oxygen atoms in total. The van der Waals surface area contributed by atoms with Gasteiger partial charge in [0, 0.05) is 0 Å². The highest BCUT2D eigenvalue weighted by Crippen LogP contribution is 2.10. The summed E-state index contributed by atoms with van der Waals surface area (Å²) in [6, 6.07) is 0. The molecule has 1 N–H and O–H groups in total. The van der Waals surface area contributed by atoms with Crippen LogP contribution in [0.4, 0.5) is 0 Å². The highest BCUT2D eigenvalue weighted by atomic mass is 35.5. The van der Waals surface area contributed by atoms with E-state index in [1.165, 1.54) is 69.1 Å². The molecule has 1 heterocycles. The number of likely N-dealkylation sites (N-methyl/N-ethyl adjacent to an activating group) is 1. The number of nitrogens with one attached hydrogen (secondary N) is 1. The second-order valence-corrected chi connectivity index (χ2v) is 6.37. The lowest BCUT2D eigenvalue weighted by molar-refractivity contribution is -0.882. The molecule has 4 heteroatoms. The first-order valence-electron chi connectivity index (χ1n) is 9.07. The second-order valence-electron chi connectivity index (χ2n) is 6.37. The van der Waals surface area contributed by atoms with Gasteiger partial charge in [0.05, 0.1) is 13.7 Å². The van der Waals surface area contributed by atoms with Crippen molar-refractivity contribution in [3.05, 3.63) is 12.0 Å². The molecule has 0 spiro atoms. The second kappa shape index (κ2) is 15.5. The van der Waals surface area contributed by atoms with E-state index < -0.39 is 0 Å². The lowest BCUT2D eigenvalue weighted by Crippen LogP contribution is -3.10. The van der Waals surface area contributed by atoms with Crippen LogP contribution in [0.25, 0.3) is 0 Å². The highest BCUT2D eigenvalue weighted by molar-refractivity contribution is 4.88. The molecule has 1 aliphatic heterocycles. The van der Waals surface area contributed by atoms with Crippen LogP contribution in [0.3, 0.4) is 0 Å². The Labute approximate surface area is 143 Å². The van der Waals surface area contributed by atoms with Crippen LogP contribution < -0.4 is 17.3 Å². The van der Waals surface area contributed by atoms with Crippen molar-refractivity contribution in [2.24, 2.45) is 0 Å². The number of morpholine rings is 1. The van der Waals surface area contributed by atoms with Crippen LogP contribution in [-0.4, -0.2) is 33.4 Å². The molecule has 1 unspecified atom stereocenters. The molecule has 0 radical (unpaired) electrons. The summed E-state index contributed by atoms with van der Waals surface area (Å²) in [4.78, 5) is 1.50. The summed E-state index contributed by atoms with van der Waals surface area (Å²) in [6.45, 7) is 5.98. The van der Waals surface area contributed by atoms with Crippen molar-refractivity contribution in [3.63, 3.8) is 0 Å². The van der Waals surface area contributed by atoms with Crippen LogP contribution in [0.15, 0.2) is 12.0 Å². The average Bonchev–Trinajstić information content (AvgIpc) is 2.48. The van der Waals surface area contributed by atoms with Gasteiger partial charge in [0.15, 0.2) is 5.76 Å². The molecule has 1 aliphatic rings. The number of quaternary nitrogens is 1. The Bertz CT molecular complexity index is 272. The van der Waals surface area contributed by atoms with E-state index in [1.807, 2.05) is 6.26 Å². The van der Waals surface area contributed by atoms with Crippen LogP contribution in [-0.2, 0) is 9.47 Å². The minimum Gasteiger partial charge on any atom is -1.00 e. The third-order valence-corrected chi connectivity index (χ3v) is 4.12. The van der Waals surface area contributed by atoms with Gasteiger partial charge < -0.3 is 26.8 Å². The maximum absolute atomic E-state index is 5.59. The molecule has 0 aliphatic carbocycles. The van der Waals surface area contributed by atoms with E-state index in [9.17, 15) is 0 Å². The molecule has 0 bridgehead atoms. The maximum Gasteiger partial charge on any atom is 0.185 e. The largest absolute Gasteiger partial charge is 1.00 e. The van der Waals surface area contributed by atoms with E-state index in [0.29, 0.717) is 0 Å². The van der Waals surface area contributed by atoms with Gasteiger partial charge in [-0.05, 0) is 6.42 Å². The van der Waals surface area contributed by atoms with E-state index in [0.717, 1.165) is 32.1 Å². The molecule has 0 amide bonds. The predicted molar refractivity (Wildman–Crippen MR) is 88.5 cm³/mol. The molecule has 0 saturated carbocycles. The zero-order valence-corrected chi connectivity index (χ0v) is 15.4. The Morgan fingerprint density at radius 3 is 2.18 bits per heavy atom. The number of hydrogen-bond acceptors (Lipinski definition) is 2. The summed E-state index contributed by atoms with van der Waals surface area (Å²) in [6.07, 6.45) is 15.5. The zero-order valence-electron chi connectivity index (χ0n) is 14.7. The van der Waals surface area contributed by atoms with Crippen LogP contribution in [0.1, 0.15) is 71.1 Å². The molecule has 1 fully saturated rings. The number of unbranched alkanes of at least 4 members (excludes halogenated alkanes) is 9. The smallest absolute Gasteiger partial charge is 0.185 e. The van der Waals surface area contributed by atoms with E-state index in [-0.39, 0.29) is 12.4 Å². The lowest BCUT2D eigenvalue weighted by atomic mass is 10.1. The van der Waals surface area contributed by atoms with Gasteiger partial charge in [-0.25, -0.2) is 0 Å². The van der Waals surface area contributed by atoms with Gasteiger partial charge in [0.2, 0.25) is 0 Å². The first kappa shape index (κ1) is 21.6. The fraction of sp³-hybridized carbons (Fsp3) is 0.889. The van der Waals surface area contributed by atoms with Gasteiger partial charge in [0.1, 0.15) is 26.0 Å². The summed E-state index contributed by atoms with van der Waals surface area (Å²) in [5.41, 5.74) is 0. The zero-order chi connectivity index (χ0) is 15.2. The average molecular weight is 334 g/mol. The third kappa shape index (κ3) is 12.2. The van der Waals surface area contributed by atoms with Crippen LogP contribution in [0.5, 0.6) is 0 Å². The molecule has 0 aromatic heterocycles. The minimum absolute atomic E-state index is 0. The van der Waals surface area contributed by atoms with Crippen LogP contribution >= 0.6 is 0 Å². The quantitative estimate of drug-likeness (QED) is 0.410. The normalized spacial score (nSPS) is 19.5. The van der Waals surface area contributed by atoms with Gasteiger partial charge in [-0.2, -0.15) is 0 Å². The summed E-state index contributed by atoms with van der Waals surface area (Å²) in [5, 5.41) is 0. The Morgan fingerprint density at radius 1 is 1.00 bits per heavy atom. The maximum atomic E-state index is 5.59. The Kier molecular flexibility index (Phi) is 15.2. The Hall–Kier alpha value is -0.410. The summed E-state index contributed by atoms with van der Waals surface area (Å²) in [7, 11) is 2.19. The Morgan fingerprint density at radius 2 is 1.59 bits per heavy atom. The van der Waals surface area contributed by atoms with Crippen molar-refractivity contribution in [3.8, 4) is 0 Å².